The molecular weight excluding hydrogens is 292 g/mol. The van der Waals surface area contributed by atoms with E-state index in [0.717, 1.165) is 0 Å². The van der Waals surface area contributed by atoms with Crippen molar-refractivity contribution in [2.75, 3.05) is 24.2 Å². The molecule has 3 heterocycles. The average molecular weight is 310 g/mol. The molecule has 0 aliphatic carbocycles. The summed E-state index contributed by atoms with van der Waals surface area (Å²) in [6.07, 6.45) is -2.98. The molecule has 0 bridgehead atoms. The molecule has 4 atom stereocenters. The number of aromatic nitrogens is 4. The lowest BCUT2D eigenvalue weighted by molar-refractivity contribution is -0.0501. The van der Waals surface area contributed by atoms with Crippen LogP contribution in [-0.2, 0) is 4.74 Å². The molecule has 10 heteroatoms. The minimum absolute atomic E-state index is 0.203. The fraction of sp³-hybridized carbons (Fsp3) is 0.583. The molecule has 0 saturated carbocycles. The summed E-state index contributed by atoms with van der Waals surface area (Å²) >= 11 is 0. The molecular formula is C12H18N6O4. The molecule has 1 saturated heterocycles. The van der Waals surface area contributed by atoms with Crippen LogP contribution in [0.15, 0.2) is 6.33 Å². The number of nitrogens with one attached hydrogen (secondary N) is 1. The Bertz CT molecular complexity index is 677. The molecule has 2 aromatic rings. The van der Waals surface area contributed by atoms with Crippen molar-refractivity contribution >= 4 is 22.9 Å². The lowest BCUT2D eigenvalue weighted by Crippen LogP contribution is -2.33. The van der Waals surface area contributed by atoms with Crippen molar-refractivity contribution in [3.63, 3.8) is 0 Å². The first-order valence-corrected chi connectivity index (χ1v) is 6.93. The van der Waals surface area contributed by atoms with E-state index in [9.17, 15) is 15.3 Å². The third-order valence-corrected chi connectivity index (χ3v) is 3.61. The Kier molecular flexibility index (Phi) is 3.83. The van der Waals surface area contributed by atoms with Crippen molar-refractivity contribution in [1.82, 2.24) is 19.5 Å². The highest BCUT2D eigenvalue weighted by Gasteiger charge is 2.45. The summed E-state index contributed by atoms with van der Waals surface area (Å²) in [5, 5.41) is 32.4. The van der Waals surface area contributed by atoms with Crippen LogP contribution in [0, 0.1) is 0 Å². The maximum Gasteiger partial charge on any atom is 0.207 e. The second-order valence-electron chi connectivity index (χ2n) is 5.00. The van der Waals surface area contributed by atoms with Gasteiger partial charge in [0.15, 0.2) is 23.2 Å². The fourth-order valence-corrected chi connectivity index (χ4v) is 2.54. The highest BCUT2D eigenvalue weighted by atomic mass is 16.6. The Hall–Kier alpha value is -2.01. The van der Waals surface area contributed by atoms with Crippen LogP contribution in [0.1, 0.15) is 13.2 Å². The van der Waals surface area contributed by atoms with Gasteiger partial charge in [0.2, 0.25) is 5.95 Å². The normalized spacial score (nSPS) is 28.4. The van der Waals surface area contributed by atoms with Crippen LogP contribution < -0.4 is 11.1 Å². The van der Waals surface area contributed by atoms with Gasteiger partial charge in [-0.25, -0.2) is 15.0 Å². The quantitative estimate of drug-likeness (QED) is 0.452. The van der Waals surface area contributed by atoms with Gasteiger partial charge in [-0.2, -0.15) is 0 Å². The zero-order valence-electron chi connectivity index (χ0n) is 11.9. The highest BCUT2D eigenvalue weighted by molar-refractivity contribution is 5.84. The van der Waals surface area contributed by atoms with Crippen LogP contribution in [0.3, 0.4) is 0 Å². The lowest BCUT2D eigenvalue weighted by Gasteiger charge is -2.19. The summed E-state index contributed by atoms with van der Waals surface area (Å²) in [5.41, 5.74) is 6.55. The Labute approximate surface area is 125 Å². The third-order valence-electron chi connectivity index (χ3n) is 3.61. The number of nitrogen functional groups attached to an aromatic ring is 1. The van der Waals surface area contributed by atoms with Crippen LogP contribution in [0.25, 0.3) is 11.2 Å². The van der Waals surface area contributed by atoms with Gasteiger partial charge in [0.1, 0.15) is 24.6 Å². The SMILES string of the molecule is CCNc1nc2c(N)ncnc2n1[C@@H]1O[C@@H](CO)[C@@H](O)[C@H]1O. The molecule has 1 aliphatic rings. The second kappa shape index (κ2) is 5.65. The van der Waals surface area contributed by atoms with E-state index in [2.05, 4.69) is 20.3 Å². The first-order valence-electron chi connectivity index (χ1n) is 6.93. The number of nitrogens with zero attached hydrogens (tertiary/aromatic N) is 4. The predicted molar refractivity (Wildman–Crippen MR) is 76.9 cm³/mol. The first-order chi connectivity index (χ1) is 10.6. The predicted octanol–water partition coefficient (Wildman–Crippen LogP) is -1.55. The molecule has 0 aromatic carbocycles. The monoisotopic (exact) mass is 310 g/mol. The van der Waals surface area contributed by atoms with Crippen molar-refractivity contribution in [2.45, 2.75) is 31.5 Å². The molecule has 120 valence electrons. The van der Waals surface area contributed by atoms with Crippen LogP contribution in [0.5, 0.6) is 0 Å². The van der Waals surface area contributed by atoms with Crippen molar-refractivity contribution in [1.29, 1.82) is 0 Å². The number of ether oxygens (including phenoxy) is 1. The molecule has 2 aromatic heterocycles. The van der Waals surface area contributed by atoms with Crippen LogP contribution in [0.2, 0.25) is 0 Å². The number of hydrogen-bond acceptors (Lipinski definition) is 9. The van der Waals surface area contributed by atoms with E-state index >= 15 is 0 Å². The number of fused-ring (bicyclic) bond motifs is 1. The van der Waals surface area contributed by atoms with Gasteiger partial charge in [-0.05, 0) is 6.92 Å². The molecule has 10 nitrogen and oxygen atoms in total. The van der Waals surface area contributed by atoms with Gasteiger partial charge in [-0.15, -0.1) is 0 Å². The standard InChI is InChI=1S/C12H18N6O4/c1-2-14-12-17-6-9(13)15-4-16-10(6)18(12)11-8(21)7(20)5(3-19)22-11/h4-5,7-8,11,19-21H,2-3H2,1H3,(H,14,17)(H2,13,15,16)/t5-,7+,8+,11+/m0/s1. The Morgan fingerprint density at radius 3 is 2.77 bits per heavy atom. The van der Waals surface area contributed by atoms with E-state index in [4.69, 9.17) is 10.5 Å². The number of anilines is 2. The molecule has 3 rings (SSSR count). The van der Waals surface area contributed by atoms with Crippen LogP contribution in [-0.4, -0.2) is 66.3 Å². The summed E-state index contributed by atoms with van der Waals surface area (Å²) in [7, 11) is 0. The molecule has 1 aliphatic heterocycles. The summed E-state index contributed by atoms with van der Waals surface area (Å²) < 4.78 is 7.06. The van der Waals surface area contributed by atoms with Gasteiger partial charge in [0.25, 0.3) is 0 Å². The van der Waals surface area contributed by atoms with Crippen molar-refractivity contribution in [3.05, 3.63) is 6.33 Å². The van der Waals surface area contributed by atoms with Gasteiger partial charge in [0.05, 0.1) is 6.61 Å². The summed E-state index contributed by atoms with van der Waals surface area (Å²) in [6.45, 7) is 2.05. The van der Waals surface area contributed by atoms with E-state index in [1.165, 1.54) is 10.9 Å². The van der Waals surface area contributed by atoms with Crippen LogP contribution in [0.4, 0.5) is 11.8 Å². The molecule has 1 fully saturated rings. The number of hydrogen-bond donors (Lipinski definition) is 5. The van der Waals surface area contributed by atoms with Gasteiger partial charge >= 0.3 is 0 Å². The molecule has 0 amide bonds. The zero-order valence-corrected chi connectivity index (χ0v) is 11.9. The number of aliphatic hydroxyl groups is 3. The largest absolute Gasteiger partial charge is 0.394 e. The minimum atomic E-state index is -1.23. The Morgan fingerprint density at radius 2 is 2.14 bits per heavy atom. The molecule has 6 N–H and O–H groups in total. The van der Waals surface area contributed by atoms with Gasteiger partial charge in [-0.3, -0.25) is 4.57 Å². The third kappa shape index (κ3) is 2.16. The average Bonchev–Trinajstić information content (AvgIpc) is 3.00. The lowest BCUT2D eigenvalue weighted by atomic mass is 10.1. The maximum absolute atomic E-state index is 10.2. The van der Waals surface area contributed by atoms with Gasteiger partial charge < -0.3 is 31.1 Å². The van der Waals surface area contributed by atoms with Crippen molar-refractivity contribution < 1.29 is 20.1 Å². The van der Waals surface area contributed by atoms with E-state index in [1.807, 2.05) is 6.92 Å². The van der Waals surface area contributed by atoms with Crippen molar-refractivity contribution in [2.24, 2.45) is 0 Å². The minimum Gasteiger partial charge on any atom is -0.394 e. The Morgan fingerprint density at radius 1 is 1.36 bits per heavy atom. The number of imidazole rings is 1. The van der Waals surface area contributed by atoms with E-state index in [1.54, 1.807) is 0 Å². The van der Waals surface area contributed by atoms with E-state index < -0.39 is 31.1 Å². The summed E-state index contributed by atoms with van der Waals surface area (Å²) in [6, 6.07) is 0. The number of aliphatic hydroxyl groups excluding tert-OH is 3. The van der Waals surface area contributed by atoms with E-state index in [-0.39, 0.29) is 5.82 Å². The van der Waals surface area contributed by atoms with E-state index in [0.29, 0.717) is 23.7 Å². The van der Waals surface area contributed by atoms with Gasteiger partial charge in [-0.1, -0.05) is 0 Å². The zero-order chi connectivity index (χ0) is 15.9. The van der Waals surface area contributed by atoms with Gasteiger partial charge in [0, 0.05) is 6.54 Å². The highest BCUT2D eigenvalue weighted by Crippen LogP contribution is 2.34. The Balaban J connectivity index is 2.13. The molecule has 22 heavy (non-hydrogen) atoms. The fourth-order valence-electron chi connectivity index (χ4n) is 2.54. The second-order valence-corrected chi connectivity index (χ2v) is 5.00. The smallest absolute Gasteiger partial charge is 0.207 e. The molecule has 0 spiro atoms. The van der Waals surface area contributed by atoms with Crippen molar-refractivity contribution in [3.8, 4) is 0 Å². The molecule has 0 radical (unpaired) electrons. The van der Waals surface area contributed by atoms with Crippen LogP contribution >= 0.6 is 0 Å². The molecule has 0 unspecified atom stereocenters. The summed E-state index contributed by atoms with van der Waals surface area (Å²) in [5.74, 6) is 0.592. The number of rotatable bonds is 4. The number of nitrogens with two attached hydrogens (primary N) is 1. The maximum atomic E-state index is 10.2. The topological polar surface area (TPSA) is 152 Å². The summed E-state index contributed by atoms with van der Waals surface area (Å²) in [4.78, 5) is 12.3. The first kappa shape index (κ1) is 14.9.